The van der Waals surface area contributed by atoms with E-state index in [1.165, 1.54) is 7.11 Å². The topological polar surface area (TPSA) is 58.6 Å². The molecule has 2 N–H and O–H groups in total. The summed E-state index contributed by atoms with van der Waals surface area (Å²) in [5.41, 5.74) is 1.09. The van der Waals surface area contributed by atoms with Crippen molar-refractivity contribution in [2.75, 3.05) is 13.7 Å². The lowest BCUT2D eigenvalue weighted by Gasteiger charge is -2.12. The second-order valence-electron chi connectivity index (χ2n) is 2.86. The average Bonchev–Trinajstić information content (AvgIpc) is 2.64. The average molecular weight is 215 g/mol. The van der Waals surface area contributed by atoms with Crippen molar-refractivity contribution in [3.05, 3.63) is 22.4 Å². The number of thiophene rings is 1. The summed E-state index contributed by atoms with van der Waals surface area (Å²) in [6.45, 7) is 0.739. The van der Waals surface area contributed by atoms with Gasteiger partial charge in [0.15, 0.2) is 0 Å². The van der Waals surface area contributed by atoms with E-state index in [0.717, 1.165) is 5.56 Å². The van der Waals surface area contributed by atoms with Gasteiger partial charge in [0.05, 0.1) is 6.61 Å². The summed E-state index contributed by atoms with van der Waals surface area (Å²) in [6, 6.07) is 1.32. The Balaban J connectivity index is 2.37. The number of aliphatic carboxylic acids is 1. The Kier molecular flexibility index (Phi) is 4.58. The molecular formula is C9H13NO3S. The molecule has 78 valence electrons. The van der Waals surface area contributed by atoms with Crippen molar-refractivity contribution >= 4 is 17.3 Å². The predicted octanol–water partition coefficient (Wildman–Crippen LogP) is 0.937. The van der Waals surface area contributed by atoms with Gasteiger partial charge in [0.2, 0.25) is 0 Å². The SMILES string of the molecule is COCC(NCc1ccsc1)C(=O)O. The van der Waals surface area contributed by atoms with Crippen molar-refractivity contribution in [3.8, 4) is 0 Å². The Labute approximate surface area is 86.5 Å². The van der Waals surface area contributed by atoms with Crippen molar-refractivity contribution in [2.45, 2.75) is 12.6 Å². The van der Waals surface area contributed by atoms with Crippen LogP contribution < -0.4 is 5.32 Å². The highest BCUT2D eigenvalue weighted by Gasteiger charge is 2.15. The Morgan fingerprint density at radius 3 is 3.07 bits per heavy atom. The summed E-state index contributed by atoms with van der Waals surface area (Å²) in [4.78, 5) is 10.7. The molecule has 14 heavy (non-hydrogen) atoms. The predicted molar refractivity (Wildman–Crippen MR) is 54.5 cm³/mol. The van der Waals surface area contributed by atoms with Gasteiger partial charge < -0.3 is 9.84 Å². The van der Waals surface area contributed by atoms with Crippen LogP contribution in [0.4, 0.5) is 0 Å². The minimum atomic E-state index is -0.887. The first kappa shape index (κ1) is 11.2. The van der Waals surface area contributed by atoms with Crippen LogP contribution in [-0.2, 0) is 16.1 Å². The smallest absolute Gasteiger partial charge is 0.323 e. The van der Waals surface area contributed by atoms with Crippen molar-refractivity contribution < 1.29 is 14.6 Å². The van der Waals surface area contributed by atoms with Gasteiger partial charge in [-0.05, 0) is 22.4 Å². The maximum absolute atomic E-state index is 10.7. The van der Waals surface area contributed by atoms with Gasteiger partial charge >= 0.3 is 5.97 Å². The summed E-state index contributed by atoms with van der Waals surface area (Å²) in [5.74, 6) is -0.887. The molecule has 0 fully saturated rings. The Morgan fingerprint density at radius 1 is 1.79 bits per heavy atom. The van der Waals surface area contributed by atoms with Crippen molar-refractivity contribution in [3.63, 3.8) is 0 Å². The normalized spacial score (nSPS) is 12.6. The molecule has 0 saturated carbocycles. The number of ether oxygens (including phenoxy) is 1. The third-order valence-corrected chi connectivity index (χ3v) is 2.50. The van der Waals surface area contributed by atoms with Gasteiger partial charge in [-0.2, -0.15) is 11.3 Å². The second kappa shape index (κ2) is 5.74. The lowest BCUT2D eigenvalue weighted by atomic mass is 10.3. The number of carboxylic acids is 1. The maximum atomic E-state index is 10.7. The maximum Gasteiger partial charge on any atom is 0.323 e. The van der Waals surface area contributed by atoms with E-state index >= 15 is 0 Å². The summed E-state index contributed by atoms with van der Waals surface area (Å²) >= 11 is 1.59. The van der Waals surface area contributed by atoms with Gasteiger partial charge in [-0.3, -0.25) is 10.1 Å². The van der Waals surface area contributed by atoms with Crippen LogP contribution in [0.15, 0.2) is 16.8 Å². The van der Waals surface area contributed by atoms with Crippen LogP contribution in [0.5, 0.6) is 0 Å². The molecule has 5 heteroatoms. The fourth-order valence-corrected chi connectivity index (χ4v) is 1.69. The van der Waals surface area contributed by atoms with Crippen LogP contribution in [-0.4, -0.2) is 30.8 Å². The molecule has 0 spiro atoms. The van der Waals surface area contributed by atoms with Gasteiger partial charge in [-0.1, -0.05) is 0 Å². The Hall–Kier alpha value is -0.910. The van der Waals surface area contributed by atoms with Crippen molar-refractivity contribution in [2.24, 2.45) is 0 Å². The van der Waals surface area contributed by atoms with Gasteiger partial charge in [-0.15, -0.1) is 0 Å². The van der Waals surface area contributed by atoms with Gasteiger partial charge in [0.1, 0.15) is 6.04 Å². The molecule has 1 heterocycles. The number of carbonyl (C=O) groups is 1. The molecule has 1 aromatic rings. The van der Waals surface area contributed by atoms with Gasteiger partial charge in [-0.25, -0.2) is 0 Å². The second-order valence-corrected chi connectivity index (χ2v) is 3.64. The summed E-state index contributed by atoms with van der Waals surface area (Å²) in [7, 11) is 1.49. The number of hydrogen-bond donors (Lipinski definition) is 2. The van der Waals surface area contributed by atoms with Gasteiger partial charge in [0, 0.05) is 13.7 Å². The van der Waals surface area contributed by atoms with Gasteiger partial charge in [0.25, 0.3) is 0 Å². The van der Waals surface area contributed by atoms with E-state index in [4.69, 9.17) is 9.84 Å². The summed E-state index contributed by atoms with van der Waals surface area (Å²) in [5, 5.41) is 15.6. The number of nitrogens with one attached hydrogen (secondary N) is 1. The van der Waals surface area contributed by atoms with Crippen LogP contribution in [0.1, 0.15) is 5.56 Å². The van der Waals surface area contributed by atoms with Crippen LogP contribution in [0.3, 0.4) is 0 Å². The van der Waals surface area contributed by atoms with Crippen LogP contribution in [0.25, 0.3) is 0 Å². The fraction of sp³-hybridized carbons (Fsp3) is 0.444. The van der Waals surface area contributed by atoms with Crippen LogP contribution in [0.2, 0.25) is 0 Å². The lowest BCUT2D eigenvalue weighted by molar-refractivity contribution is -0.140. The first-order valence-corrected chi connectivity index (χ1v) is 5.14. The van der Waals surface area contributed by atoms with Crippen LogP contribution >= 0.6 is 11.3 Å². The highest BCUT2D eigenvalue weighted by molar-refractivity contribution is 7.07. The number of methoxy groups -OCH3 is 1. The van der Waals surface area contributed by atoms with E-state index in [2.05, 4.69) is 5.32 Å². The molecule has 0 aromatic carbocycles. The number of hydrogen-bond acceptors (Lipinski definition) is 4. The molecule has 1 rings (SSSR count). The quantitative estimate of drug-likeness (QED) is 0.741. The zero-order chi connectivity index (χ0) is 10.4. The first-order chi connectivity index (χ1) is 6.74. The summed E-state index contributed by atoms with van der Waals surface area (Å²) in [6.07, 6.45) is 0. The highest BCUT2D eigenvalue weighted by Crippen LogP contribution is 2.05. The van der Waals surface area contributed by atoms with E-state index < -0.39 is 12.0 Å². The lowest BCUT2D eigenvalue weighted by Crippen LogP contribution is -2.39. The van der Waals surface area contributed by atoms with E-state index in [9.17, 15) is 4.79 Å². The highest BCUT2D eigenvalue weighted by atomic mass is 32.1. The number of carboxylic acid groups (broad SMARTS) is 1. The zero-order valence-electron chi connectivity index (χ0n) is 7.90. The molecule has 4 nitrogen and oxygen atoms in total. The molecule has 0 aliphatic carbocycles. The fourth-order valence-electron chi connectivity index (χ4n) is 1.02. The molecule has 0 bridgehead atoms. The molecule has 1 unspecified atom stereocenters. The molecular weight excluding hydrogens is 202 g/mol. The minimum Gasteiger partial charge on any atom is -0.480 e. The standard InChI is InChI=1S/C9H13NO3S/c1-13-5-8(9(11)12)10-4-7-2-3-14-6-7/h2-3,6,8,10H,4-5H2,1H3,(H,11,12). The first-order valence-electron chi connectivity index (χ1n) is 4.20. The molecule has 0 saturated heterocycles. The number of rotatable bonds is 6. The van der Waals surface area contributed by atoms with E-state index in [-0.39, 0.29) is 6.61 Å². The minimum absolute atomic E-state index is 0.180. The van der Waals surface area contributed by atoms with E-state index in [1.54, 1.807) is 11.3 Å². The molecule has 0 radical (unpaired) electrons. The van der Waals surface area contributed by atoms with Crippen molar-refractivity contribution in [1.82, 2.24) is 5.32 Å². The van der Waals surface area contributed by atoms with E-state index in [0.29, 0.717) is 6.54 Å². The molecule has 0 aliphatic heterocycles. The monoisotopic (exact) mass is 215 g/mol. The van der Waals surface area contributed by atoms with E-state index in [1.807, 2.05) is 16.8 Å². The Morgan fingerprint density at radius 2 is 2.57 bits per heavy atom. The zero-order valence-corrected chi connectivity index (χ0v) is 8.71. The molecule has 1 atom stereocenters. The molecule has 0 amide bonds. The largest absolute Gasteiger partial charge is 0.480 e. The molecule has 1 aromatic heterocycles. The third-order valence-electron chi connectivity index (χ3n) is 1.76. The van der Waals surface area contributed by atoms with Crippen LogP contribution in [0, 0.1) is 0 Å². The molecule has 0 aliphatic rings. The third kappa shape index (κ3) is 3.45. The van der Waals surface area contributed by atoms with Crippen molar-refractivity contribution in [1.29, 1.82) is 0 Å². The summed E-state index contributed by atoms with van der Waals surface area (Å²) < 4.78 is 4.79. The Bertz CT molecular complexity index is 274.